The fourth-order valence-corrected chi connectivity index (χ4v) is 21.0. The number of nitrogens with zero attached hydrogens (tertiary/aromatic N) is 14. The van der Waals surface area contributed by atoms with E-state index in [1.807, 2.05) is 157 Å². The summed E-state index contributed by atoms with van der Waals surface area (Å²) in [6.45, 7) is 7.69. The van der Waals surface area contributed by atoms with Crippen molar-refractivity contribution in [1.82, 2.24) is 62.6 Å². The molecule has 9 aromatic carbocycles. The van der Waals surface area contributed by atoms with Crippen LogP contribution in [0.5, 0.6) is 0 Å². The average Bonchev–Trinajstić information content (AvgIpc) is 0.820. The van der Waals surface area contributed by atoms with E-state index in [1.54, 1.807) is 63.6 Å². The smallest absolute Gasteiger partial charge is 0.356 e. The summed E-state index contributed by atoms with van der Waals surface area (Å²) in [5.41, 5.74) is 12.9. The number of aliphatic hydroxyl groups is 4. The third kappa shape index (κ3) is 18.7. The fourth-order valence-electron chi connectivity index (χ4n) is 19.7. The molecule has 5 aliphatic rings. The first kappa shape index (κ1) is 91.9. The number of fused-ring (bicyclic) bond motifs is 13. The highest BCUT2D eigenvalue weighted by Crippen LogP contribution is 2.37. The highest BCUT2D eigenvalue weighted by atomic mass is 79.9. The summed E-state index contributed by atoms with van der Waals surface area (Å²) in [7, 11) is 3.31. The Balaban J connectivity index is 0.000000117. The number of rotatable bonds is 15. The number of ether oxygens (including phenoxy) is 5. The Morgan fingerprint density at radius 1 is 0.419 bits per heavy atom. The zero-order valence-electron chi connectivity index (χ0n) is 75.4. The number of aromatic nitrogens is 12. The molecule has 0 bridgehead atoms. The number of aliphatic hydroxyl groups excluding tert-OH is 4. The summed E-state index contributed by atoms with van der Waals surface area (Å²) < 4.78 is 35.3. The van der Waals surface area contributed by atoms with Gasteiger partial charge in [-0.1, -0.05) is 115 Å². The Kier molecular flexibility index (Phi) is 27.3. The maximum Gasteiger partial charge on any atom is 0.356 e. The predicted molar refractivity (Wildman–Crippen MR) is 528 cm³/mol. The Bertz CT molecular complexity index is 7680. The second-order valence-corrected chi connectivity index (χ2v) is 36.8. The standard InChI is InChI=1S/C30H32N4O4.C26H24N4O3.C25H23N3O5.C24H22BrN3O3S/c1-20(35)32-11-13-33(14-12-32)23-8-6-21(7-9-23)16-22-17-26-29(25-5-3-2-4-24(22)25)31-19-34(30(26)37)27-10-15-38-18-28(27)36;1-29-10-7-19-16(6-9-27-25(19)29)12-17-13-21-24(20-5-3-2-4-18(17)20)28-15-30(26(21)32)22-8-11-33-14-23(22)31;1-32-25(31)20-7-6-15(12-26-20)10-16-11-19-23(18-5-3-2-4-17(16)18)27-14-28(24(19)30)21-8-9-33-13-22(21)29;1-32-23-19(25)9-14(11-26-23)8-15-10-18-22(17-5-3-2-4-16(15)17)27-13-28(24(18)30)20-6-7-31-12-21(20)29/h2-9,17,19,27-28,36H,10-16,18H2,1H3;2-7,9-10,13,15,22-23,31H,8,11-12,14H2,1H3;2-7,11-12,14,21-22,29H,8-10,13H2,1H3;2-5,9-11,13,20-21,29H,6-8,12H2,1H3/t27-,28-;22-,23-;21-,22-;20-,21-/m0000/s1. The average molecular weight is 1910 g/mol. The number of benzene rings is 9. The first-order valence-electron chi connectivity index (χ1n) is 45.6. The first-order chi connectivity index (χ1) is 66.2. The van der Waals surface area contributed by atoms with Crippen molar-refractivity contribution in [2.45, 2.75) is 112 Å². The molecule has 5 aliphatic heterocycles. The van der Waals surface area contributed by atoms with Gasteiger partial charge in [-0.25, -0.2) is 39.7 Å². The Labute approximate surface area is 792 Å². The topological polar surface area (TPSA) is 351 Å². The third-order valence-electron chi connectivity index (χ3n) is 26.8. The number of amides is 1. The van der Waals surface area contributed by atoms with Crippen LogP contribution in [0.15, 0.2) is 255 Å². The number of methoxy groups -OCH3 is 1. The number of carbonyl (C=O) groups is 2. The second-order valence-electron chi connectivity index (χ2n) is 35.1. The molecule has 29 nitrogen and oxygen atoms in total. The Morgan fingerprint density at radius 3 is 1.16 bits per heavy atom. The molecule has 13 heterocycles. The van der Waals surface area contributed by atoms with Crippen LogP contribution >= 0.6 is 27.7 Å². The quantitative estimate of drug-likeness (QED) is 0.0421. The van der Waals surface area contributed by atoms with Gasteiger partial charge in [-0.15, -0.1) is 11.8 Å². The van der Waals surface area contributed by atoms with Gasteiger partial charge in [0.25, 0.3) is 22.2 Å². The van der Waals surface area contributed by atoms with Crippen LogP contribution in [0.1, 0.15) is 112 Å². The Hall–Kier alpha value is -13.2. The highest BCUT2D eigenvalue weighted by molar-refractivity contribution is 9.10. The van der Waals surface area contributed by atoms with Crippen LogP contribution in [0, 0.1) is 0 Å². The lowest BCUT2D eigenvalue weighted by Crippen LogP contribution is -2.48. The molecule has 31 heteroatoms. The first-order valence-corrected chi connectivity index (χ1v) is 47.6. The number of pyridine rings is 3. The van der Waals surface area contributed by atoms with Crippen LogP contribution in [0.25, 0.3) is 97.7 Å². The van der Waals surface area contributed by atoms with Crippen LogP contribution in [-0.2, 0) is 61.2 Å². The minimum atomic E-state index is -0.755. The van der Waals surface area contributed by atoms with Gasteiger partial charge in [0.15, 0.2) is 0 Å². The van der Waals surface area contributed by atoms with Gasteiger partial charge >= 0.3 is 5.97 Å². The lowest BCUT2D eigenvalue weighted by atomic mass is 9.95. The monoisotopic (exact) mass is 1910 g/mol. The van der Waals surface area contributed by atoms with Crippen LogP contribution in [0.3, 0.4) is 0 Å². The molecule has 694 valence electrons. The van der Waals surface area contributed by atoms with Gasteiger partial charge in [-0.2, -0.15) is 0 Å². The molecule has 8 aromatic heterocycles. The Morgan fingerprint density at radius 2 is 0.794 bits per heavy atom. The zero-order valence-corrected chi connectivity index (χ0v) is 77.9. The minimum absolute atomic E-state index is 0.127. The number of esters is 1. The van der Waals surface area contributed by atoms with Crippen molar-refractivity contribution in [1.29, 1.82) is 0 Å². The number of piperazine rings is 1. The van der Waals surface area contributed by atoms with Crippen molar-refractivity contribution in [2.24, 2.45) is 7.05 Å². The summed E-state index contributed by atoms with van der Waals surface area (Å²) in [4.78, 5) is 114. The molecule has 0 aliphatic carbocycles. The fraction of sp³-hybridized carbons (Fsp3) is 0.305. The van der Waals surface area contributed by atoms with Gasteiger partial charge in [-0.05, 0) is 200 Å². The second kappa shape index (κ2) is 40.4. The van der Waals surface area contributed by atoms with Crippen molar-refractivity contribution in [3.63, 3.8) is 0 Å². The molecule has 5 fully saturated rings. The molecule has 22 rings (SSSR count). The van der Waals surface area contributed by atoms with E-state index in [0.717, 1.165) is 140 Å². The minimum Gasteiger partial charge on any atom is -0.464 e. The van der Waals surface area contributed by atoms with Crippen molar-refractivity contribution >= 4 is 143 Å². The lowest BCUT2D eigenvalue weighted by molar-refractivity contribution is -0.129. The van der Waals surface area contributed by atoms with E-state index in [1.165, 1.54) is 18.0 Å². The van der Waals surface area contributed by atoms with Gasteiger partial charge in [0.1, 0.15) is 16.4 Å². The SMILES string of the molecule is CC(=O)N1CCN(c2ccc(Cc3cc4c(=O)n([C@H]5CCOC[C@@H]5O)cnc4c4ccccc34)cc2)CC1.COC(=O)c1ccc(Cc2cc3c(=O)n([C@H]4CCOC[C@@H]4O)cnc3c3ccccc23)cn1.CSc1ncc(Cc2cc3c(=O)n([C@H]4CCOC[C@@H]4O)cnc3c3ccccc23)cc1Br.Cn1ccc2c(Cc3cc4c(=O)n([C@H]5CCOC[C@@H]5O)cnc4c4ccccc34)ccnc21. The van der Waals surface area contributed by atoms with E-state index in [2.05, 4.69) is 110 Å². The van der Waals surface area contributed by atoms with Gasteiger partial charge in [0.2, 0.25) is 5.91 Å². The largest absolute Gasteiger partial charge is 0.464 e. The van der Waals surface area contributed by atoms with Crippen LogP contribution in [0.2, 0.25) is 0 Å². The third-order valence-corrected chi connectivity index (χ3v) is 28.4. The summed E-state index contributed by atoms with van der Waals surface area (Å²) in [6, 6.07) is 56.7. The number of halogens is 1. The maximum absolute atomic E-state index is 13.6. The molecule has 136 heavy (non-hydrogen) atoms. The number of aryl methyl sites for hydroxylation is 1. The molecule has 17 aromatic rings. The zero-order chi connectivity index (χ0) is 93.9. The van der Waals surface area contributed by atoms with E-state index in [4.69, 9.17) is 23.7 Å². The normalized spacial score (nSPS) is 19.2. The summed E-state index contributed by atoms with van der Waals surface area (Å²) in [6.07, 6.45) is 17.5. The molecular formula is C105H101BrN14O15S. The van der Waals surface area contributed by atoms with Crippen molar-refractivity contribution in [2.75, 3.05) is 97.3 Å². The summed E-state index contributed by atoms with van der Waals surface area (Å²) in [5.74, 6) is -0.354. The van der Waals surface area contributed by atoms with Gasteiger partial charge < -0.3 is 58.5 Å². The molecule has 0 saturated carbocycles. The van der Waals surface area contributed by atoms with E-state index < -0.39 is 30.4 Å². The highest BCUT2D eigenvalue weighted by Gasteiger charge is 2.33. The molecule has 8 atom stereocenters. The molecule has 1 amide bonds. The number of anilines is 1. The van der Waals surface area contributed by atoms with Gasteiger partial charge in [0.05, 0.1) is 156 Å². The van der Waals surface area contributed by atoms with Crippen molar-refractivity contribution in [3.8, 4) is 0 Å². The summed E-state index contributed by atoms with van der Waals surface area (Å²) in [5, 5.41) is 53.9. The van der Waals surface area contributed by atoms with Gasteiger partial charge in [-0.3, -0.25) is 42.2 Å². The molecular weight excluding hydrogens is 1810 g/mol. The van der Waals surface area contributed by atoms with Gasteiger partial charge in [0, 0.05) is 124 Å². The molecule has 4 N–H and O–H groups in total. The molecule has 0 unspecified atom stereocenters. The van der Waals surface area contributed by atoms with Crippen LogP contribution < -0.4 is 27.1 Å². The lowest BCUT2D eigenvalue weighted by Gasteiger charge is -2.35. The summed E-state index contributed by atoms with van der Waals surface area (Å²) >= 11 is 5.19. The number of carbonyl (C=O) groups excluding carboxylic acids is 2. The number of hydrogen-bond donors (Lipinski definition) is 4. The number of hydrogen-bond acceptors (Lipinski definition) is 24. The van der Waals surface area contributed by atoms with Crippen molar-refractivity contribution in [3.05, 3.63) is 322 Å². The predicted octanol–water partition coefficient (Wildman–Crippen LogP) is 13.5. The van der Waals surface area contributed by atoms with E-state index >= 15 is 0 Å². The van der Waals surface area contributed by atoms with Crippen LogP contribution in [-0.4, -0.2) is 212 Å². The van der Waals surface area contributed by atoms with Crippen LogP contribution in [0.4, 0.5) is 5.69 Å². The molecule has 0 spiro atoms. The number of thioether (sulfide) groups is 1. The van der Waals surface area contributed by atoms with E-state index in [0.29, 0.717) is 121 Å². The maximum atomic E-state index is 13.6. The van der Waals surface area contributed by atoms with E-state index in [-0.39, 0.29) is 84.4 Å². The van der Waals surface area contributed by atoms with Crippen molar-refractivity contribution < 1.29 is 53.7 Å². The molecule has 5 saturated heterocycles. The van der Waals surface area contributed by atoms with E-state index in [9.17, 15) is 49.2 Å². The molecule has 0 radical (unpaired) electrons.